The highest BCUT2D eigenvalue weighted by Gasteiger charge is 2.38. The molecular formula is C24H22IN4OPS. The van der Waals surface area contributed by atoms with Crippen molar-refractivity contribution >= 4 is 63.3 Å². The lowest BCUT2D eigenvalue weighted by molar-refractivity contribution is 0.472. The zero-order valence-corrected chi connectivity index (χ0v) is 22.1. The quantitative estimate of drug-likeness (QED) is 0.249. The molecular weight excluding hydrogens is 550 g/mol. The molecule has 0 spiro atoms. The first-order chi connectivity index (χ1) is 15.4. The van der Waals surface area contributed by atoms with E-state index < -0.39 is 6.26 Å². The first kappa shape index (κ1) is 21.8. The molecule has 0 radical (unpaired) electrons. The highest BCUT2D eigenvalue weighted by Crippen LogP contribution is 2.51. The van der Waals surface area contributed by atoms with E-state index in [1.165, 1.54) is 3.57 Å². The molecule has 0 saturated carbocycles. The second kappa shape index (κ2) is 8.06. The normalized spacial score (nSPS) is 17.2. The molecule has 5 nitrogen and oxygen atoms in total. The number of fused-ring (bicyclic) bond motifs is 2. The van der Waals surface area contributed by atoms with Gasteiger partial charge in [0.25, 0.3) is 0 Å². The van der Waals surface area contributed by atoms with E-state index >= 15 is 0 Å². The molecule has 1 aliphatic rings. The summed E-state index contributed by atoms with van der Waals surface area (Å²) in [6.07, 6.45) is -0.688. The molecule has 1 aliphatic heterocycles. The maximum Gasteiger partial charge on any atom is 0.166 e. The van der Waals surface area contributed by atoms with Crippen molar-refractivity contribution in [2.45, 2.75) is 20.8 Å². The van der Waals surface area contributed by atoms with E-state index in [0.717, 1.165) is 50.4 Å². The summed E-state index contributed by atoms with van der Waals surface area (Å²) >= 11 is 8.70. The topological polar surface area (TPSA) is 44.3 Å². The molecule has 0 amide bonds. The molecule has 162 valence electrons. The summed E-state index contributed by atoms with van der Waals surface area (Å²) in [5.74, 6) is 0.759. The summed E-state index contributed by atoms with van der Waals surface area (Å²) in [6, 6.07) is 18.6. The Morgan fingerprint density at radius 2 is 1.59 bits per heavy atom. The Bertz CT molecular complexity index is 1420. The molecule has 8 heteroatoms. The van der Waals surface area contributed by atoms with Crippen LogP contribution in [0.1, 0.15) is 22.6 Å². The Kier molecular flexibility index (Phi) is 5.48. The zero-order chi connectivity index (χ0) is 22.6. The predicted octanol–water partition coefficient (Wildman–Crippen LogP) is 5.25. The fraction of sp³-hybridized carbons (Fsp3) is 0.167. The summed E-state index contributed by atoms with van der Waals surface area (Å²) in [4.78, 5) is 4.93. The van der Waals surface area contributed by atoms with Gasteiger partial charge in [0.15, 0.2) is 5.82 Å². The maximum atomic E-state index is 6.37. The van der Waals surface area contributed by atoms with Gasteiger partial charge < -0.3 is 9.09 Å². The van der Waals surface area contributed by atoms with Crippen LogP contribution in [0.5, 0.6) is 0 Å². The number of halogens is 1. The van der Waals surface area contributed by atoms with Crippen molar-refractivity contribution in [2.24, 2.45) is 4.99 Å². The van der Waals surface area contributed by atoms with Gasteiger partial charge in [0.1, 0.15) is 6.26 Å². The average molecular weight is 572 g/mol. The molecule has 0 saturated heterocycles. The third-order valence-electron chi connectivity index (χ3n) is 5.91. The summed E-state index contributed by atoms with van der Waals surface area (Å²) in [7, 11) is 1.72. The van der Waals surface area contributed by atoms with Crippen molar-refractivity contribution in [1.29, 1.82) is 0 Å². The Morgan fingerprint density at radius 1 is 0.906 bits per heavy atom. The van der Waals surface area contributed by atoms with Crippen LogP contribution in [0.2, 0.25) is 0 Å². The van der Waals surface area contributed by atoms with Crippen LogP contribution in [0, 0.1) is 24.3 Å². The number of nitrogens with zero attached hydrogens (tertiary/aromatic N) is 4. The van der Waals surface area contributed by atoms with Gasteiger partial charge in [-0.15, -0.1) is 0 Å². The van der Waals surface area contributed by atoms with Crippen molar-refractivity contribution in [2.75, 3.05) is 7.11 Å². The van der Waals surface area contributed by atoms with Crippen molar-refractivity contribution in [3.05, 3.63) is 80.8 Å². The van der Waals surface area contributed by atoms with E-state index in [4.69, 9.17) is 26.4 Å². The van der Waals surface area contributed by atoms with Crippen LogP contribution in [0.3, 0.4) is 0 Å². The number of rotatable bonds is 3. The van der Waals surface area contributed by atoms with Gasteiger partial charge in [-0.1, -0.05) is 30.0 Å². The van der Waals surface area contributed by atoms with Crippen molar-refractivity contribution < 1.29 is 4.52 Å². The SMILES string of the molecule is COP1(=S)c2c(C)nn(-c3ccccc3)c2N=Cc2c1c(C)n(-c1ccc(I)cc1)c2C. The third-order valence-corrected chi connectivity index (χ3v) is 11.0. The average Bonchev–Trinajstić information content (AvgIpc) is 3.21. The van der Waals surface area contributed by atoms with Gasteiger partial charge in [-0.25, -0.2) is 9.67 Å². The van der Waals surface area contributed by atoms with Gasteiger partial charge in [0.2, 0.25) is 0 Å². The number of aryl methyl sites for hydroxylation is 1. The van der Waals surface area contributed by atoms with Crippen LogP contribution < -0.4 is 10.6 Å². The lowest BCUT2D eigenvalue weighted by atomic mass is 10.2. The van der Waals surface area contributed by atoms with Crippen LogP contribution in [0.25, 0.3) is 11.4 Å². The molecule has 2 aromatic heterocycles. The van der Waals surface area contributed by atoms with Gasteiger partial charge in [-0.2, -0.15) is 5.10 Å². The van der Waals surface area contributed by atoms with Crippen LogP contribution in [-0.2, 0) is 16.3 Å². The molecule has 1 unspecified atom stereocenters. The first-order valence-electron chi connectivity index (χ1n) is 10.2. The van der Waals surface area contributed by atoms with Crippen LogP contribution >= 0.6 is 28.9 Å². The van der Waals surface area contributed by atoms with E-state index in [-0.39, 0.29) is 0 Å². The second-order valence-electron chi connectivity index (χ2n) is 7.74. The minimum Gasteiger partial charge on any atom is -0.345 e. The van der Waals surface area contributed by atoms with E-state index in [0.29, 0.717) is 0 Å². The van der Waals surface area contributed by atoms with Gasteiger partial charge >= 0.3 is 0 Å². The largest absolute Gasteiger partial charge is 0.345 e. The molecule has 0 fully saturated rings. The van der Waals surface area contributed by atoms with Crippen LogP contribution in [0.4, 0.5) is 5.82 Å². The lowest BCUT2D eigenvalue weighted by Crippen LogP contribution is -2.21. The number of benzene rings is 2. The monoisotopic (exact) mass is 572 g/mol. The molecule has 1 atom stereocenters. The van der Waals surface area contributed by atoms with Crippen molar-refractivity contribution in [3.8, 4) is 11.4 Å². The number of hydrogen-bond acceptors (Lipinski definition) is 4. The van der Waals surface area contributed by atoms with Gasteiger partial charge in [-0.05, 0) is 79.8 Å². The Morgan fingerprint density at radius 3 is 2.25 bits per heavy atom. The number of hydrogen-bond donors (Lipinski definition) is 0. The molecule has 2 aromatic carbocycles. The summed E-state index contributed by atoms with van der Waals surface area (Å²) in [5, 5.41) is 6.81. The maximum absolute atomic E-state index is 6.37. The summed E-state index contributed by atoms with van der Waals surface area (Å²) < 4.78 is 11.6. The van der Waals surface area contributed by atoms with E-state index in [9.17, 15) is 0 Å². The molecule has 4 aromatic rings. The van der Waals surface area contributed by atoms with E-state index in [1.807, 2.05) is 48.2 Å². The van der Waals surface area contributed by atoms with Crippen LogP contribution in [0.15, 0.2) is 59.6 Å². The molecule has 0 bridgehead atoms. The van der Waals surface area contributed by atoms with Crippen molar-refractivity contribution in [3.63, 3.8) is 0 Å². The molecule has 5 rings (SSSR count). The zero-order valence-electron chi connectivity index (χ0n) is 18.2. The first-order valence-corrected chi connectivity index (χ1v) is 14.0. The number of para-hydroxylation sites is 1. The molecule has 32 heavy (non-hydrogen) atoms. The number of aliphatic imine (C=N–C) groups is 1. The smallest absolute Gasteiger partial charge is 0.166 e. The lowest BCUT2D eigenvalue weighted by Gasteiger charge is -2.21. The van der Waals surface area contributed by atoms with Gasteiger partial charge in [-0.3, -0.25) is 0 Å². The minimum absolute atomic E-state index is 0.759. The number of aromatic nitrogens is 3. The third kappa shape index (κ3) is 3.17. The fourth-order valence-electron chi connectivity index (χ4n) is 4.48. The molecule has 0 N–H and O–H groups in total. The highest BCUT2D eigenvalue weighted by atomic mass is 127. The Balaban J connectivity index is 1.80. The molecule has 0 aliphatic carbocycles. The second-order valence-corrected chi connectivity index (χ2v) is 12.9. The standard InChI is InChI=1S/C24H22IN4OPS/c1-15-22-24(29(27-15)20-8-6-5-7-9-20)26-14-21-16(2)28(19-12-10-18(25)11-13-19)17(3)23(21)31(22,32)30-4/h5-14H,1-4H3. The van der Waals surface area contributed by atoms with Gasteiger partial charge in [0, 0.05) is 44.8 Å². The highest BCUT2D eigenvalue weighted by molar-refractivity contribution is 14.1. The van der Waals surface area contributed by atoms with Crippen molar-refractivity contribution in [1.82, 2.24) is 14.3 Å². The predicted molar refractivity (Wildman–Crippen MR) is 144 cm³/mol. The fourth-order valence-corrected chi connectivity index (χ4v) is 8.71. The van der Waals surface area contributed by atoms with Gasteiger partial charge in [0.05, 0.1) is 16.7 Å². The summed E-state index contributed by atoms with van der Waals surface area (Å²) in [6.45, 7) is 6.24. The van der Waals surface area contributed by atoms with Crippen LogP contribution in [-0.4, -0.2) is 27.7 Å². The summed E-state index contributed by atoms with van der Waals surface area (Å²) in [5.41, 5.74) is 6.16. The van der Waals surface area contributed by atoms with E-state index in [2.05, 4.69) is 65.3 Å². The Hall–Kier alpha value is -2.06. The van der Waals surface area contributed by atoms with E-state index in [1.54, 1.807) is 7.11 Å². The minimum atomic E-state index is -2.63. The Labute approximate surface area is 206 Å². The molecule has 3 heterocycles.